The number of hydrogen-bond acceptors (Lipinski definition) is 2. The van der Waals surface area contributed by atoms with E-state index in [1.165, 1.54) is 12.8 Å². The minimum atomic E-state index is 0.236. The molecule has 2 unspecified atom stereocenters. The molecule has 1 fully saturated rings. The van der Waals surface area contributed by atoms with E-state index >= 15 is 0 Å². The maximum absolute atomic E-state index is 6.24. The van der Waals surface area contributed by atoms with Crippen LogP contribution < -0.4 is 5.32 Å². The van der Waals surface area contributed by atoms with Gasteiger partial charge in [0, 0.05) is 22.7 Å². The van der Waals surface area contributed by atoms with Crippen molar-refractivity contribution in [3.05, 3.63) is 33.8 Å². The second-order valence-corrected chi connectivity index (χ2v) is 5.56. The van der Waals surface area contributed by atoms with Crippen molar-refractivity contribution < 1.29 is 4.74 Å². The smallest absolute Gasteiger partial charge is 0.0576 e. The van der Waals surface area contributed by atoms with Crippen LogP contribution in [0.15, 0.2) is 18.2 Å². The molecule has 0 aliphatic carbocycles. The van der Waals surface area contributed by atoms with E-state index in [4.69, 9.17) is 27.9 Å². The largest absolute Gasteiger partial charge is 0.378 e. The topological polar surface area (TPSA) is 21.3 Å². The molecule has 2 rings (SSSR count). The Morgan fingerprint density at radius 3 is 2.94 bits per heavy atom. The van der Waals surface area contributed by atoms with E-state index in [1.54, 1.807) is 0 Å². The zero-order valence-electron chi connectivity index (χ0n) is 10.6. The highest BCUT2D eigenvalue weighted by molar-refractivity contribution is 6.33. The van der Waals surface area contributed by atoms with E-state index in [1.807, 2.05) is 25.2 Å². The van der Waals surface area contributed by atoms with Gasteiger partial charge < -0.3 is 10.1 Å². The highest BCUT2D eigenvalue weighted by atomic mass is 35.5. The summed E-state index contributed by atoms with van der Waals surface area (Å²) in [4.78, 5) is 0. The van der Waals surface area contributed by atoms with Crippen molar-refractivity contribution >= 4 is 23.2 Å². The fraction of sp³-hybridized carbons (Fsp3) is 0.571. The third-order valence-electron chi connectivity index (χ3n) is 3.48. The zero-order chi connectivity index (χ0) is 13.0. The standard InChI is InChI=1S/C14H19Cl2NO/c1-17-14(7-5-11-3-2-8-18-11)12-9-10(15)4-6-13(12)16/h4,6,9,11,14,17H,2-3,5,7-8H2,1H3. The lowest BCUT2D eigenvalue weighted by molar-refractivity contribution is 0.0998. The molecule has 0 bridgehead atoms. The van der Waals surface area contributed by atoms with Crippen molar-refractivity contribution in [2.75, 3.05) is 13.7 Å². The van der Waals surface area contributed by atoms with Crippen molar-refractivity contribution in [3.63, 3.8) is 0 Å². The summed E-state index contributed by atoms with van der Waals surface area (Å²) < 4.78 is 5.65. The molecule has 2 nitrogen and oxygen atoms in total. The third kappa shape index (κ3) is 3.61. The predicted octanol–water partition coefficient (Wildman–Crippen LogP) is 4.21. The van der Waals surface area contributed by atoms with Crippen molar-refractivity contribution in [2.45, 2.75) is 37.8 Å². The number of halogens is 2. The predicted molar refractivity (Wildman–Crippen MR) is 76.5 cm³/mol. The molecular formula is C14H19Cl2NO. The van der Waals surface area contributed by atoms with E-state index < -0.39 is 0 Å². The van der Waals surface area contributed by atoms with Gasteiger partial charge in [-0.1, -0.05) is 23.2 Å². The van der Waals surface area contributed by atoms with E-state index in [2.05, 4.69) is 5.32 Å². The molecule has 100 valence electrons. The molecule has 4 heteroatoms. The lowest BCUT2D eigenvalue weighted by Crippen LogP contribution is -2.19. The fourth-order valence-electron chi connectivity index (χ4n) is 2.46. The molecule has 0 saturated carbocycles. The van der Waals surface area contributed by atoms with Crippen molar-refractivity contribution in [1.29, 1.82) is 0 Å². The van der Waals surface area contributed by atoms with Crippen LogP contribution in [0.3, 0.4) is 0 Å². The summed E-state index contributed by atoms with van der Waals surface area (Å²) in [7, 11) is 1.96. The molecule has 1 N–H and O–H groups in total. The summed E-state index contributed by atoms with van der Waals surface area (Å²) >= 11 is 12.3. The van der Waals surface area contributed by atoms with Gasteiger partial charge in [-0.25, -0.2) is 0 Å². The first-order chi connectivity index (χ1) is 8.70. The number of rotatable bonds is 5. The average molecular weight is 288 g/mol. The van der Waals surface area contributed by atoms with Gasteiger partial charge in [-0.05, 0) is 56.5 Å². The highest BCUT2D eigenvalue weighted by Gasteiger charge is 2.19. The molecule has 1 heterocycles. The normalized spacial score (nSPS) is 21.2. The molecule has 1 aliphatic heterocycles. The van der Waals surface area contributed by atoms with Gasteiger partial charge in [-0.2, -0.15) is 0 Å². The molecule has 0 amide bonds. The quantitative estimate of drug-likeness (QED) is 0.876. The second kappa shape index (κ2) is 6.76. The second-order valence-electron chi connectivity index (χ2n) is 4.72. The SMILES string of the molecule is CNC(CCC1CCCO1)c1cc(Cl)ccc1Cl. The maximum atomic E-state index is 6.24. The van der Waals surface area contributed by atoms with Gasteiger partial charge in [0.05, 0.1) is 6.10 Å². The number of hydrogen-bond donors (Lipinski definition) is 1. The summed E-state index contributed by atoms with van der Waals surface area (Å²) in [5.74, 6) is 0. The zero-order valence-corrected chi connectivity index (χ0v) is 12.1. The van der Waals surface area contributed by atoms with Gasteiger partial charge in [-0.15, -0.1) is 0 Å². The van der Waals surface area contributed by atoms with Crippen LogP contribution in [0.4, 0.5) is 0 Å². The first-order valence-electron chi connectivity index (χ1n) is 6.44. The van der Waals surface area contributed by atoms with Crippen LogP contribution in [0.2, 0.25) is 10.0 Å². The Bertz CT molecular complexity index is 391. The molecule has 0 spiro atoms. The summed E-state index contributed by atoms with van der Waals surface area (Å²) in [5, 5.41) is 4.81. The molecule has 0 aromatic heterocycles. The average Bonchev–Trinajstić information content (AvgIpc) is 2.87. The van der Waals surface area contributed by atoms with Gasteiger partial charge in [0.15, 0.2) is 0 Å². The maximum Gasteiger partial charge on any atom is 0.0576 e. The van der Waals surface area contributed by atoms with Crippen LogP contribution in [-0.4, -0.2) is 19.8 Å². The van der Waals surface area contributed by atoms with Crippen molar-refractivity contribution in [2.24, 2.45) is 0 Å². The van der Waals surface area contributed by atoms with E-state index in [0.29, 0.717) is 6.10 Å². The molecular weight excluding hydrogens is 269 g/mol. The number of ether oxygens (including phenoxy) is 1. The Morgan fingerprint density at radius 2 is 2.28 bits per heavy atom. The van der Waals surface area contributed by atoms with E-state index in [0.717, 1.165) is 35.1 Å². The lowest BCUT2D eigenvalue weighted by atomic mass is 9.99. The van der Waals surface area contributed by atoms with Gasteiger partial charge >= 0.3 is 0 Å². The van der Waals surface area contributed by atoms with E-state index in [-0.39, 0.29) is 6.04 Å². The molecule has 2 atom stereocenters. The van der Waals surface area contributed by atoms with Crippen LogP contribution in [0.1, 0.15) is 37.3 Å². The molecule has 1 aromatic carbocycles. The highest BCUT2D eigenvalue weighted by Crippen LogP contribution is 2.30. The number of nitrogens with one attached hydrogen (secondary N) is 1. The molecule has 1 aliphatic rings. The van der Waals surface area contributed by atoms with Crippen LogP contribution in [-0.2, 0) is 4.74 Å². The Labute approximate surface area is 119 Å². The monoisotopic (exact) mass is 287 g/mol. The van der Waals surface area contributed by atoms with Gasteiger partial charge in [0.25, 0.3) is 0 Å². The van der Waals surface area contributed by atoms with Gasteiger partial charge in [0.1, 0.15) is 0 Å². The van der Waals surface area contributed by atoms with Crippen molar-refractivity contribution in [1.82, 2.24) is 5.32 Å². The van der Waals surface area contributed by atoms with E-state index in [9.17, 15) is 0 Å². The third-order valence-corrected chi connectivity index (χ3v) is 4.06. The van der Waals surface area contributed by atoms with Gasteiger partial charge in [0.2, 0.25) is 0 Å². The number of benzene rings is 1. The first-order valence-corrected chi connectivity index (χ1v) is 7.20. The molecule has 1 aromatic rings. The Balaban J connectivity index is 2.00. The van der Waals surface area contributed by atoms with Crippen LogP contribution >= 0.6 is 23.2 Å². The molecule has 1 saturated heterocycles. The van der Waals surface area contributed by atoms with Crippen LogP contribution in [0.25, 0.3) is 0 Å². The summed E-state index contributed by atoms with van der Waals surface area (Å²) in [5.41, 5.74) is 1.07. The van der Waals surface area contributed by atoms with Crippen LogP contribution in [0, 0.1) is 0 Å². The molecule has 0 radical (unpaired) electrons. The van der Waals surface area contributed by atoms with Crippen LogP contribution in [0.5, 0.6) is 0 Å². The molecule has 18 heavy (non-hydrogen) atoms. The Hall–Kier alpha value is -0.280. The summed E-state index contributed by atoms with van der Waals surface area (Å²) in [6.45, 7) is 0.910. The Morgan fingerprint density at radius 1 is 1.44 bits per heavy atom. The summed E-state index contributed by atoms with van der Waals surface area (Å²) in [6, 6.07) is 5.86. The summed E-state index contributed by atoms with van der Waals surface area (Å²) in [6.07, 6.45) is 4.86. The Kier molecular flexibility index (Phi) is 5.31. The fourth-order valence-corrected chi connectivity index (χ4v) is 2.89. The van der Waals surface area contributed by atoms with Gasteiger partial charge in [-0.3, -0.25) is 0 Å². The lowest BCUT2D eigenvalue weighted by Gasteiger charge is -2.20. The first kappa shape index (κ1) is 14.1. The minimum absolute atomic E-state index is 0.236. The van der Waals surface area contributed by atoms with Crippen molar-refractivity contribution in [3.8, 4) is 0 Å². The minimum Gasteiger partial charge on any atom is -0.378 e.